The van der Waals surface area contributed by atoms with E-state index in [1.54, 1.807) is 0 Å². The van der Waals surface area contributed by atoms with Gasteiger partial charge in [0.2, 0.25) is 0 Å². The lowest BCUT2D eigenvalue weighted by Crippen LogP contribution is -2.30. The minimum Gasteiger partial charge on any atom is -0.237 e. The summed E-state index contributed by atoms with van der Waals surface area (Å²) in [7, 11) is -1.06. The number of aryl methyl sites for hydroxylation is 1. The van der Waals surface area contributed by atoms with Gasteiger partial charge >= 0.3 is 0 Å². The van der Waals surface area contributed by atoms with Crippen LogP contribution in [0.3, 0.4) is 0 Å². The Morgan fingerprint density at radius 1 is 1.31 bits per heavy atom. The second-order valence-electron chi connectivity index (χ2n) is 5.38. The molecule has 0 aromatic heterocycles. The van der Waals surface area contributed by atoms with Gasteiger partial charge in [-0.05, 0) is 37.8 Å². The van der Waals surface area contributed by atoms with Crippen LogP contribution in [0.4, 0.5) is 0 Å². The molecule has 0 aliphatic carbocycles. The highest BCUT2D eigenvalue weighted by Crippen LogP contribution is 2.38. The normalized spacial score (nSPS) is 22.5. The van der Waals surface area contributed by atoms with Crippen LogP contribution in [0, 0.1) is 6.92 Å². The number of rotatable bonds is 1. The van der Waals surface area contributed by atoms with Crippen molar-refractivity contribution in [1.29, 1.82) is 0 Å². The zero-order valence-corrected chi connectivity index (χ0v) is 11.4. The van der Waals surface area contributed by atoms with Gasteiger partial charge in [-0.1, -0.05) is 31.5 Å². The fraction of sp³-hybridized carbons (Fsp3) is 0.538. The molecule has 1 unspecified atom stereocenters. The molecule has 2 rings (SSSR count). The maximum atomic E-state index is 12.1. The third-order valence-corrected chi connectivity index (χ3v) is 4.61. The van der Waals surface area contributed by atoms with Gasteiger partial charge in [0.05, 0.1) is 10.4 Å². The smallest absolute Gasteiger partial charge is 0.126 e. The molecule has 0 spiro atoms. The Hall–Kier alpha value is -0.670. The first-order valence-corrected chi connectivity index (χ1v) is 6.82. The summed E-state index contributed by atoms with van der Waals surface area (Å²) in [5.74, 6) is 0.410. The van der Waals surface area contributed by atoms with Gasteiger partial charge in [0.15, 0.2) is 0 Å². The van der Waals surface area contributed by atoms with Gasteiger partial charge in [0.25, 0.3) is 0 Å². The number of fused-ring (bicyclic) bond motifs is 1. The highest BCUT2D eigenvalue weighted by atomic mass is 32.2. The second-order valence-corrected chi connectivity index (χ2v) is 6.53. The van der Waals surface area contributed by atoms with E-state index >= 15 is 0 Å². The molecule has 1 heterocycles. The Bertz CT molecular complexity index is 463. The first-order valence-electron chi connectivity index (χ1n) is 5.67. The maximum Gasteiger partial charge on any atom is 0.126 e. The number of hydrogen-bond acceptors (Lipinski definition) is 1. The molecule has 88 valence electrons. The molecule has 0 radical (unpaired) electrons. The molecule has 1 aromatic rings. The summed E-state index contributed by atoms with van der Waals surface area (Å²) in [5.41, 5.74) is 3.47. The molecule has 0 saturated heterocycles. The van der Waals surface area contributed by atoms with Crippen molar-refractivity contribution in [2.24, 2.45) is 0 Å². The molecule has 16 heavy (non-hydrogen) atoms. The summed E-state index contributed by atoms with van der Waals surface area (Å²) in [6, 6.07) is 4.31. The SMILES string of the molecule is Cc1cc(C(C)C)c2c(c1)C(C)(C)NS2=O. The fourth-order valence-corrected chi connectivity index (χ4v) is 3.94. The van der Waals surface area contributed by atoms with E-state index in [9.17, 15) is 4.21 Å². The molecule has 1 aliphatic heterocycles. The molecule has 1 atom stereocenters. The standard InChI is InChI=1S/C13H19NOS/c1-8(2)10-6-9(3)7-11-12(10)16(15)14-13(11,4)5/h6-8,14H,1-5H3. The summed E-state index contributed by atoms with van der Waals surface area (Å²) >= 11 is 0. The fourth-order valence-electron chi connectivity index (χ4n) is 2.24. The van der Waals surface area contributed by atoms with Gasteiger partial charge in [-0.15, -0.1) is 0 Å². The average molecular weight is 237 g/mol. The van der Waals surface area contributed by atoms with Crippen LogP contribution in [0.2, 0.25) is 0 Å². The molecule has 0 bridgehead atoms. The minimum atomic E-state index is -1.06. The molecule has 1 N–H and O–H groups in total. The number of hydrogen-bond donors (Lipinski definition) is 1. The third-order valence-electron chi connectivity index (χ3n) is 3.09. The van der Waals surface area contributed by atoms with E-state index in [-0.39, 0.29) is 5.54 Å². The van der Waals surface area contributed by atoms with Gasteiger partial charge in [-0.2, -0.15) is 0 Å². The summed E-state index contributed by atoms with van der Waals surface area (Å²) in [6.45, 7) is 10.6. The number of benzene rings is 1. The highest BCUT2D eigenvalue weighted by Gasteiger charge is 2.36. The van der Waals surface area contributed by atoms with E-state index in [0.29, 0.717) is 5.92 Å². The summed E-state index contributed by atoms with van der Waals surface area (Å²) < 4.78 is 15.3. The van der Waals surface area contributed by atoms with Gasteiger partial charge in [-0.25, -0.2) is 8.93 Å². The van der Waals surface area contributed by atoms with Crippen LogP contribution in [-0.2, 0) is 16.5 Å². The van der Waals surface area contributed by atoms with Gasteiger partial charge in [0, 0.05) is 0 Å². The van der Waals surface area contributed by atoms with Crippen LogP contribution >= 0.6 is 0 Å². The van der Waals surface area contributed by atoms with Crippen LogP contribution in [-0.4, -0.2) is 4.21 Å². The van der Waals surface area contributed by atoms with Crippen molar-refractivity contribution in [3.8, 4) is 0 Å². The lowest BCUT2D eigenvalue weighted by atomic mass is 9.89. The first-order chi connectivity index (χ1) is 7.33. The van der Waals surface area contributed by atoms with Crippen molar-refractivity contribution in [2.45, 2.75) is 51.0 Å². The Labute approximate surface area is 100 Å². The van der Waals surface area contributed by atoms with Crippen LogP contribution in [0.25, 0.3) is 0 Å². The van der Waals surface area contributed by atoms with E-state index in [1.165, 1.54) is 16.7 Å². The Morgan fingerprint density at radius 3 is 2.50 bits per heavy atom. The molecule has 1 aliphatic rings. The third kappa shape index (κ3) is 1.72. The topological polar surface area (TPSA) is 29.1 Å². The van der Waals surface area contributed by atoms with Crippen molar-refractivity contribution in [2.75, 3.05) is 0 Å². The van der Waals surface area contributed by atoms with Crippen LogP contribution in [0.5, 0.6) is 0 Å². The Morgan fingerprint density at radius 2 is 1.94 bits per heavy atom. The predicted octanol–water partition coefficient (Wildman–Crippen LogP) is 2.98. The van der Waals surface area contributed by atoms with E-state index < -0.39 is 11.0 Å². The van der Waals surface area contributed by atoms with E-state index in [2.05, 4.69) is 51.5 Å². The van der Waals surface area contributed by atoms with Gasteiger partial charge in [-0.3, -0.25) is 0 Å². The van der Waals surface area contributed by atoms with Crippen LogP contribution in [0.1, 0.15) is 50.3 Å². The van der Waals surface area contributed by atoms with Crippen molar-refractivity contribution in [1.82, 2.24) is 4.72 Å². The van der Waals surface area contributed by atoms with E-state index in [4.69, 9.17) is 0 Å². The quantitative estimate of drug-likeness (QED) is 0.799. The first kappa shape index (κ1) is 11.8. The second kappa shape index (κ2) is 3.67. The molecule has 0 fully saturated rings. The lowest BCUT2D eigenvalue weighted by Gasteiger charge is -2.19. The number of nitrogens with one attached hydrogen (secondary N) is 1. The average Bonchev–Trinajstić information content (AvgIpc) is 2.36. The summed E-state index contributed by atoms with van der Waals surface area (Å²) in [6.07, 6.45) is 0. The molecule has 2 nitrogen and oxygen atoms in total. The summed E-state index contributed by atoms with van der Waals surface area (Å²) in [5, 5.41) is 0. The van der Waals surface area contributed by atoms with E-state index in [0.717, 1.165) is 4.90 Å². The molecular weight excluding hydrogens is 218 g/mol. The zero-order chi connectivity index (χ0) is 12.1. The van der Waals surface area contributed by atoms with Crippen LogP contribution < -0.4 is 4.72 Å². The molecule has 0 saturated carbocycles. The molecule has 0 amide bonds. The predicted molar refractivity (Wildman–Crippen MR) is 67.8 cm³/mol. The van der Waals surface area contributed by atoms with Gasteiger partial charge in [0.1, 0.15) is 11.0 Å². The summed E-state index contributed by atoms with van der Waals surface area (Å²) in [4.78, 5) is 1.01. The maximum absolute atomic E-state index is 12.1. The monoisotopic (exact) mass is 237 g/mol. The Kier molecular flexibility index (Phi) is 2.71. The van der Waals surface area contributed by atoms with Crippen LogP contribution in [0.15, 0.2) is 17.0 Å². The highest BCUT2D eigenvalue weighted by molar-refractivity contribution is 7.83. The largest absolute Gasteiger partial charge is 0.237 e. The molecule has 3 heteroatoms. The molecule has 1 aromatic carbocycles. The van der Waals surface area contributed by atoms with E-state index in [1.807, 2.05) is 0 Å². The van der Waals surface area contributed by atoms with Crippen molar-refractivity contribution in [3.63, 3.8) is 0 Å². The minimum absolute atomic E-state index is 0.185. The Balaban J connectivity index is 2.74. The zero-order valence-electron chi connectivity index (χ0n) is 10.5. The van der Waals surface area contributed by atoms with Crippen molar-refractivity contribution >= 4 is 11.0 Å². The van der Waals surface area contributed by atoms with Crippen molar-refractivity contribution < 1.29 is 4.21 Å². The molecular formula is C13H19NOS. The van der Waals surface area contributed by atoms with Gasteiger partial charge < -0.3 is 0 Å². The van der Waals surface area contributed by atoms with Crippen molar-refractivity contribution in [3.05, 3.63) is 28.8 Å². The lowest BCUT2D eigenvalue weighted by molar-refractivity contribution is 0.508.